The molecule has 0 fully saturated rings. The normalized spacial score (nSPS) is 13.4. The molecule has 17 heavy (non-hydrogen) atoms. The molecule has 0 aliphatic rings. The van der Waals surface area contributed by atoms with Gasteiger partial charge in [0.05, 0.1) is 17.6 Å². The summed E-state index contributed by atoms with van der Waals surface area (Å²) in [4.78, 5) is -0.166. The van der Waals surface area contributed by atoms with E-state index < -0.39 is 16.2 Å². The van der Waals surface area contributed by atoms with Gasteiger partial charge in [0.1, 0.15) is 0 Å². The van der Waals surface area contributed by atoms with Crippen LogP contribution in [0.3, 0.4) is 0 Å². The van der Waals surface area contributed by atoms with Gasteiger partial charge in [0.2, 0.25) is 0 Å². The third kappa shape index (κ3) is 4.70. The van der Waals surface area contributed by atoms with Gasteiger partial charge >= 0.3 is 0 Å². The molecule has 0 saturated heterocycles. The number of ether oxygens (including phenoxy) is 1. The Morgan fingerprint density at radius 2 is 1.94 bits per heavy atom. The van der Waals surface area contributed by atoms with Gasteiger partial charge in [-0.2, -0.15) is 8.42 Å². The van der Waals surface area contributed by atoms with Crippen LogP contribution in [0, 0.1) is 0 Å². The molecule has 0 radical (unpaired) electrons. The molecule has 0 bridgehead atoms. The van der Waals surface area contributed by atoms with Crippen LogP contribution in [0.4, 0.5) is 5.69 Å². The topological polar surface area (TPSA) is 95.9 Å². The van der Waals surface area contributed by atoms with Crippen molar-refractivity contribution in [3.8, 4) is 0 Å². The summed E-state index contributed by atoms with van der Waals surface area (Å²) in [6.07, 6.45) is -0.638. The molecule has 6 nitrogen and oxygen atoms in total. The van der Waals surface area contributed by atoms with E-state index in [1.54, 1.807) is 0 Å². The predicted octanol–water partition coefficient (Wildman–Crippen LogP) is 0.353. The SMILES string of the molecule is COCC(O)CNc1ccc(S(=O)(=O)O)cc1. The lowest BCUT2D eigenvalue weighted by molar-refractivity contribution is 0.0727. The molecule has 0 saturated carbocycles. The molecular weight excluding hydrogens is 246 g/mol. The molecule has 1 atom stereocenters. The summed E-state index contributed by atoms with van der Waals surface area (Å²) >= 11 is 0. The Morgan fingerprint density at radius 1 is 1.35 bits per heavy atom. The van der Waals surface area contributed by atoms with Gasteiger partial charge in [0.25, 0.3) is 10.1 Å². The number of rotatable bonds is 6. The summed E-state index contributed by atoms with van der Waals surface area (Å²) in [5.74, 6) is 0. The molecule has 0 heterocycles. The van der Waals surface area contributed by atoms with E-state index >= 15 is 0 Å². The van der Waals surface area contributed by atoms with Crippen LogP contribution in [-0.4, -0.2) is 44.4 Å². The van der Waals surface area contributed by atoms with Crippen LogP contribution in [0.25, 0.3) is 0 Å². The number of anilines is 1. The van der Waals surface area contributed by atoms with Gasteiger partial charge < -0.3 is 15.2 Å². The molecule has 0 aliphatic carbocycles. The number of hydrogen-bond acceptors (Lipinski definition) is 5. The third-order valence-electron chi connectivity index (χ3n) is 2.05. The van der Waals surface area contributed by atoms with Gasteiger partial charge in [-0.05, 0) is 24.3 Å². The van der Waals surface area contributed by atoms with E-state index in [9.17, 15) is 13.5 Å². The molecule has 0 amide bonds. The Hall–Kier alpha value is -1.15. The zero-order valence-corrected chi connectivity index (χ0v) is 10.1. The number of methoxy groups -OCH3 is 1. The van der Waals surface area contributed by atoms with Crippen molar-refractivity contribution < 1.29 is 22.8 Å². The molecule has 96 valence electrons. The number of nitrogens with one attached hydrogen (secondary N) is 1. The minimum Gasteiger partial charge on any atom is -0.389 e. The van der Waals surface area contributed by atoms with Crippen LogP contribution < -0.4 is 5.32 Å². The highest BCUT2D eigenvalue weighted by atomic mass is 32.2. The van der Waals surface area contributed by atoms with E-state index in [1.165, 1.54) is 31.4 Å². The highest BCUT2D eigenvalue weighted by Crippen LogP contribution is 2.13. The average molecular weight is 261 g/mol. The quantitative estimate of drug-likeness (QED) is 0.640. The second kappa shape index (κ2) is 5.97. The van der Waals surface area contributed by atoms with Gasteiger partial charge in [-0.15, -0.1) is 0 Å². The summed E-state index contributed by atoms with van der Waals surface area (Å²) in [5, 5.41) is 12.3. The molecule has 3 N–H and O–H groups in total. The van der Waals surface area contributed by atoms with Gasteiger partial charge in [-0.25, -0.2) is 0 Å². The number of benzene rings is 1. The lowest BCUT2D eigenvalue weighted by atomic mass is 10.3. The fourth-order valence-corrected chi connectivity index (χ4v) is 1.71. The largest absolute Gasteiger partial charge is 0.389 e. The van der Waals surface area contributed by atoms with E-state index in [-0.39, 0.29) is 11.5 Å². The third-order valence-corrected chi connectivity index (χ3v) is 2.92. The molecule has 1 aromatic rings. The first-order valence-electron chi connectivity index (χ1n) is 4.92. The molecule has 0 aromatic heterocycles. The molecule has 0 spiro atoms. The van der Waals surface area contributed by atoms with Crippen molar-refractivity contribution >= 4 is 15.8 Å². The van der Waals surface area contributed by atoms with Crippen molar-refractivity contribution in [2.24, 2.45) is 0 Å². The summed E-state index contributed by atoms with van der Waals surface area (Å²) in [7, 11) is -2.67. The van der Waals surface area contributed by atoms with Gasteiger partial charge in [-0.1, -0.05) is 0 Å². The highest BCUT2D eigenvalue weighted by molar-refractivity contribution is 7.85. The first kappa shape index (κ1) is 13.9. The maximum absolute atomic E-state index is 10.8. The molecule has 0 aliphatic heterocycles. The number of hydrogen-bond donors (Lipinski definition) is 3. The monoisotopic (exact) mass is 261 g/mol. The minimum atomic E-state index is -4.16. The summed E-state index contributed by atoms with van der Waals surface area (Å²) in [6.45, 7) is 0.509. The van der Waals surface area contributed by atoms with Crippen molar-refractivity contribution in [1.82, 2.24) is 0 Å². The van der Waals surface area contributed by atoms with Crippen LogP contribution in [0.5, 0.6) is 0 Å². The van der Waals surface area contributed by atoms with Crippen LogP contribution >= 0.6 is 0 Å². The van der Waals surface area contributed by atoms with E-state index in [2.05, 4.69) is 5.32 Å². The molecule has 1 unspecified atom stereocenters. The Bertz CT molecular complexity index is 442. The van der Waals surface area contributed by atoms with E-state index in [1.807, 2.05) is 0 Å². The Labute approximate surface area is 100.0 Å². The van der Waals surface area contributed by atoms with E-state index in [4.69, 9.17) is 9.29 Å². The molecule has 1 aromatic carbocycles. The van der Waals surface area contributed by atoms with Crippen LogP contribution in [0.1, 0.15) is 0 Å². The van der Waals surface area contributed by atoms with Crippen molar-refractivity contribution in [3.05, 3.63) is 24.3 Å². The van der Waals surface area contributed by atoms with Crippen molar-refractivity contribution in [2.75, 3.05) is 25.6 Å². The second-order valence-corrected chi connectivity index (χ2v) is 4.91. The van der Waals surface area contributed by atoms with Crippen molar-refractivity contribution in [2.45, 2.75) is 11.0 Å². The van der Waals surface area contributed by atoms with Gasteiger partial charge in [0.15, 0.2) is 0 Å². The zero-order valence-electron chi connectivity index (χ0n) is 9.33. The standard InChI is InChI=1S/C10H15NO5S/c1-16-7-9(12)6-11-8-2-4-10(5-3-8)17(13,14)15/h2-5,9,11-12H,6-7H2,1H3,(H,13,14,15). The van der Waals surface area contributed by atoms with Gasteiger partial charge in [-0.3, -0.25) is 4.55 Å². The number of aliphatic hydroxyl groups excluding tert-OH is 1. The Morgan fingerprint density at radius 3 is 2.41 bits per heavy atom. The maximum atomic E-state index is 10.8. The van der Waals surface area contributed by atoms with Crippen LogP contribution in [-0.2, 0) is 14.9 Å². The lowest BCUT2D eigenvalue weighted by Crippen LogP contribution is -2.24. The molecule has 1 rings (SSSR count). The summed E-state index contributed by atoms with van der Waals surface area (Å²) in [5.41, 5.74) is 0.646. The first-order valence-corrected chi connectivity index (χ1v) is 6.36. The zero-order chi connectivity index (χ0) is 12.9. The Kier molecular flexibility index (Phi) is 4.88. The number of aliphatic hydroxyl groups is 1. The average Bonchev–Trinajstić information content (AvgIpc) is 2.26. The smallest absolute Gasteiger partial charge is 0.294 e. The summed E-state index contributed by atoms with van der Waals surface area (Å²) in [6, 6.07) is 5.56. The van der Waals surface area contributed by atoms with Crippen molar-refractivity contribution in [3.63, 3.8) is 0 Å². The van der Waals surface area contributed by atoms with E-state index in [0.29, 0.717) is 12.2 Å². The minimum absolute atomic E-state index is 0.166. The van der Waals surface area contributed by atoms with Crippen LogP contribution in [0.15, 0.2) is 29.2 Å². The molecular formula is C10H15NO5S. The van der Waals surface area contributed by atoms with Gasteiger partial charge in [0, 0.05) is 19.3 Å². The van der Waals surface area contributed by atoms with Crippen molar-refractivity contribution in [1.29, 1.82) is 0 Å². The van der Waals surface area contributed by atoms with Crippen LogP contribution in [0.2, 0.25) is 0 Å². The second-order valence-electron chi connectivity index (χ2n) is 3.49. The predicted molar refractivity (Wildman–Crippen MR) is 62.6 cm³/mol. The highest BCUT2D eigenvalue weighted by Gasteiger charge is 2.08. The fraction of sp³-hybridized carbons (Fsp3) is 0.400. The maximum Gasteiger partial charge on any atom is 0.294 e. The Balaban J connectivity index is 2.57. The molecule has 7 heteroatoms. The lowest BCUT2D eigenvalue weighted by Gasteiger charge is -2.11. The van der Waals surface area contributed by atoms with E-state index in [0.717, 1.165) is 0 Å². The summed E-state index contributed by atoms with van der Waals surface area (Å²) < 4.78 is 35.1. The first-order chi connectivity index (χ1) is 7.93. The fourth-order valence-electron chi connectivity index (χ4n) is 1.23.